The van der Waals surface area contributed by atoms with Crippen LogP contribution in [0.2, 0.25) is 0 Å². The molecule has 2 N–H and O–H groups in total. The SMILES string of the molecule is COc1ccc(N2CCN(c3ccc(S(=O)(=O)Nc4ccccc4CCC(=O)O)cc3)CC2)cc1. The maximum atomic E-state index is 13.0. The summed E-state index contributed by atoms with van der Waals surface area (Å²) in [5.74, 6) is -0.0938. The fraction of sp³-hybridized carbons (Fsp3) is 0.269. The van der Waals surface area contributed by atoms with Crippen molar-refractivity contribution in [3.8, 4) is 5.75 Å². The van der Waals surface area contributed by atoms with Crippen molar-refractivity contribution < 1.29 is 23.1 Å². The van der Waals surface area contributed by atoms with Crippen LogP contribution in [0.5, 0.6) is 5.75 Å². The van der Waals surface area contributed by atoms with Gasteiger partial charge in [-0.3, -0.25) is 9.52 Å². The molecule has 9 heteroatoms. The van der Waals surface area contributed by atoms with E-state index in [2.05, 4.69) is 26.7 Å². The minimum absolute atomic E-state index is 0.0703. The molecule has 0 aliphatic carbocycles. The van der Waals surface area contributed by atoms with Crippen LogP contribution in [0.25, 0.3) is 0 Å². The predicted molar refractivity (Wildman–Crippen MR) is 137 cm³/mol. The molecule has 1 fully saturated rings. The first-order valence-corrected chi connectivity index (χ1v) is 12.9. The van der Waals surface area contributed by atoms with Crippen LogP contribution in [-0.4, -0.2) is 52.8 Å². The number of para-hydroxylation sites is 1. The normalized spacial score (nSPS) is 14.0. The van der Waals surface area contributed by atoms with E-state index in [0.29, 0.717) is 11.3 Å². The van der Waals surface area contributed by atoms with Gasteiger partial charge in [-0.05, 0) is 66.6 Å². The van der Waals surface area contributed by atoms with Gasteiger partial charge in [0, 0.05) is 44.0 Å². The fourth-order valence-corrected chi connectivity index (χ4v) is 5.24. The van der Waals surface area contributed by atoms with Gasteiger partial charge in [0.2, 0.25) is 0 Å². The van der Waals surface area contributed by atoms with Gasteiger partial charge in [0.05, 0.1) is 17.7 Å². The minimum Gasteiger partial charge on any atom is -0.497 e. The van der Waals surface area contributed by atoms with E-state index in [4.69, 9.17) is 9.84 Å². The maximum Gasteiger partial charge on any atom is 0.303 e. The van der Waals surface area contributed by atoms with E-state index in [9.17, 15) is 13.2 Å². The van der Waals surface area contributed by atoms with Crippen LogP contribution >= 0.6 is 0 Å². The molecule has 1 aliphatic rings. The summed E-state index contributed by atoms with van der Waals surface area (Å²) in [5, 5.41) is 8.95. The largest absolute Gasteiger partial charge is 0.497 e. The molecule has 1 heterocycles. The van der Waals surface area contributed by atoms with Crippen LogP contribution in [-0.2, 0) is 21.2 Å². The first-order chi connectivity index (χ1) is 16.9. The molecule has 8 nitrogen and oxygen atoms in total. The van der Waals surface area contributed by atoms with Gasteiger partial charge < -0.3 is 19.6 Å². The van der Waals surface area contributed by atoms with Crippen LogP contribution < -0.4 is 19.3 Å². The molecule has 4 rings (SSSR count). The number of hydrogen-bond donors (Lipinski definition) is 2. The number of carbonyl (C=O) groups is 1. The van der Waals surface area contributed by atoms with Crippen LogP contribution in [0, 0.1) is 0 Å². The Morgan fingerprint density at radius 1 is 0.886 bits per heavy atom. The molecule has 3 aromatic rings. The summed E-state index contributed by atoms with van der Waals surface area (Å²) >= 11 is 0. The van der Waals surface area contributed by atoms with Gasteiger partial charge in [0.15, 0.2) is 0 Å². The number of benzene rings is 3. The van der Waals surface area contributed by atoms with Crippen molar-refractivity contribution in [2.24, 2.45) is 0 Å². The Hall–Kier alpha value is -3.72. The smallest absolute Gasteiger partial charge is 0.303 e. The van der Waals surface area contributed by atoms with E-state index >= 15 is 0 Å². The van der Waals surface area contributed by atoms with E-state index < -0.39 is 16.0 Å². The van der Waals surface area contributed by atoms with Gasteiger partial charge in [0.25, 0.3) is 10.0 Å². The summed E-state index contributed by atoms with van der Waals surface area (Å²) in [6, 6.07) is 21.7. The number of carboxylic acids is 1. The Bertz CT molecular complexity index is 1250. The molecule has 0 amide bonds. The lowest BCUT2D eigenvalue weighted by atomic mass is 10.1. The number of anilines is 3. The summed E-state index contributed by atoms with van der Waals surface area (Å²) < 4.78 is 33.8. The second kappa shape index (κ2) is 10.7. The third-order valence-electron chi connectivity index (χ3n) is 6.10. The summed E-state index contributed by atoms with van der Waals surface area (Å²) in [6.07, 6.45) is 0.175. The Morgan fingerprint density at radius 3 is 1.97 bits per heavy atom. The van der Waals surface area contributed by atoms with Crippen molar-refractivity contribution in [1.82, 2.24) is 0 Å². The summed E-state index contributed by atoms with van der Waals surface area (Å²) in [4.78, 5) is 15.6. The lowest BCUT2D eigenvalue weighted by molar-refractivity contribution is -0.136. The number of rotatable bonds is 9. The second-order valence-electron chi connectivity index (χ2n) is 8.32. The number of methoxy groups -OCH3 is 1. The molecule has 0 saturated carbocycles. The molecule has 0 spiro atoms. The van der Waals surface area contributed by atoms with E-state index in [-0.39, 0.29) is 17.7 Å². The first kappa shape index (κ1) is 24.4. The van der Waals surface area contributed by atoms with Crippen LogP contribution in [0.15, 0.2) is 77.7 Å². The highest BCUT2D eigenvalue weighted by molar-refractivity contribution is 7.92. The molecule has 3 aromatic carbocycles. The molecule has 1 saturated heterocycles. The van der Waals surface area contributed by atoms with Crippen molar-refractivity contribution in [3.05, 3.63) is 78.4 Å². The highest BCUT2D eigenvalue weighted by Gasteiger charge is 2.20. The number of carboxylic acid groups (broad SMARTS) is 1. The van der Waals surface area contributed by atoms with Crippen molar-refractivity contribution in [3.63, 3.8) is 0 Å². The monoisotopic (exact) mass is 495 g/mol. The lowest BCUT2D eigenvalue weighted by Crippen LogP contribution is -2.46. The average molecular weight is 496 g/mol. The molecule has 0 radical (unpaired) electrons. The van der Waals surface area contributed by atoms with E-state index in [1.54, 1.807) is 43.5 Å². The summed E-state index contributed by atoms with van der Waals surface area (Å²) in [5.41, 5.74) is 3.17. The number of piperazine rings is 1. The Balaban J connectivity index is 1.39. The quantitative estimate of drug-likeness (QED) is 0.465. The van der Waals surface area contributed by atoms with Gasteiger partial charge in [-0.25, -0.2) is 8.42 Å². The maximum absolute atomic E-state index is 13.0. The minimum atomic E-state index is -3.81. The number of ether oxygens (including phenoxy) is 1. The molecule has 0 unspecified atom stereocenters. The molecular weight excluding hydrogens is 466 g/mol. The number of nitrogens with one attached hydrogen (secondary N) is 1. The van der Waals surface area contributed by atoms with Crippen molar-refractivity contribution in [2.75, 3.05) is 47.8 Å². The van der Waals surface area contributed by atoms with Gasteiger partial charge in [-0.2, -0.15) is 0 Å². The lowest BCUT2D eigenvalue weighted by Gasteiger charge is -2.37. The third kappa shape index (κ3) is 6.05. The van der Waals surface area contributed by atoms with E-state index in [1.165, 1.54) is 0 Å². The second-order valence-corrected chi connectivity index (χ2v) is 10.0. The molecular formula is C26H29N3O5S. The van der Waals surface area contributed by atoms with E-state index in [0.717, 1.165) is 43.3 Å². The van der Waals surface area contributed by atoms with Crippen LogP contribution in [0.1, 0.15) is 12.0 Å². The molecule has 0 atom stereocenters. The van der Waals surface area contributed by atoms with Gasteiger partial charge >= 0.3 is 5.97 Å². The predicted octanol–water partition coefficient (Wildman–Crippen LogP) is 3.84. The Morgan fingerprint density at radius 2 is 1.43 bits per heavy atom. The van der Waals surface area contributed by atoms with Crippen molar-refractivity contribution in [2.45, 2.75) is 17.7 Å². The van der Waals surface area contributed by atoms with Crippen molar-refractivity contribution in [1.29, 1.82) is 0 Å². The Labute approximate surface area is 205 Å². The molecule has 184 valence electrons. The zero-order valence-corrected chi connectivity index (χ0v) is 20.4. The standard InChI is InChI=1S/C26H29N3O5S/c1-34-23-11-7-21(8-12-23)28-16-18-29(19-17-28)22-9-13-24(14-10-22)35(32,33)27-25-5-3-2-4-20(25)6-15-26(30)31/h2-5,7-14,27H,6,15-19H2,1H3,(H,30,31). The van der Waals surface area contributed by atoms with Gasteiger partial charge in [0.1, 0.15) is 5.75 Å². The number of sulfonamides is 1. The molecule has 35 heavy (non-hydrogen) atoms. The topological polar surface area (TPSA) is 99.2 Å². The van der Waals surface area contributed by atoms with Gasteiger partial charge in [-0.15, -0.1) is 0 Å². The number of hydrogen-bond acceptors (Lipinski definition) is 6. The van der Waals surface area contributed by atoms with Gasteiger partial charge in [-0.1, -0.05) is 18.2 Å². The summed E-state index contributed by atoms with van der Waals surface area (Å²) in [7, 11) is -2.15. The third-order valence-corrected chi connectivity index (χ3v) is 7.48. The molecule has 1 aliphatic heterocycles. The van der Waals surface area contributed by atoms with Crippen molar-refractivity contribution >= 4 is 33.1 Å². The van der Waals surface area contributed by atoms with Crippen LogP contribution in [0.3, 0.4) is 0 Å². The highest BCUT2D eigenvalue weighted by Crippen LogP contribution is 2.25. The highest BCUT2D eigenvalue weighted by atomic mass is 32.2. The fourth-order valence-electron chi connectivity index (χ4n) is 4.14. The Kier molecular flexibility index (Phi) is 7.45. The number of nitrogens with zero attached hydrogens (tertiary/aromatic N) is 2. The average Bonchev–Trinajstić information content (AvgIpc) is 2.88. The zero-order chi connectivity index (χ0) is 24.8. The van der Waals surface area contributed by atoms with Crippen LogP contribution in [0.4, 0.5) is 17.1 Å². The zero-order valence-electron chi connectivity index (χ0n) is 19.6. The summed E-state index contributed by atoms with van der Waals surface area (Å²) in [6.45, 7) is 3.38. The van der Waals surface area contributed by atoms with E-state index in [1.807, 2.05) is 24.3 Å². The molecule has 0 bridgehead atoms. The molecule has 0 aromatic heterocycles. The number of aliphatic carboxylic acids is 1. The first-order valence-electron chi connectivity index (χ1n) is 11.4. The number of aryl methyl sites for hydroxylation is 1.